The number of rotatable bonds is 4. The summed E-state index contributed by atoms with van der Waals surface area (Å²) < 4.78 is 0. The van der Waals surface area contributed by atoms with Gasteiger partial charge in [-0.1, -0.05) is 41.7 Å². The van der Waals surface area contributed by atoms with Gasteiger partial charge in [0.15, 0.2) is 0 Å². The Balaban J connectivity index is 1.41. The third-order valence-corrected chi connectivity index (χ3v) is 7.02. The van der Waals surface area contributed by atoms with Crippen molar-refractivity contribution in [2.45, 2.75) is 39.5 Å². The smallest absolute Gasteiger partial charge is 0.321 e. The molecule has 1 atom stereocenters. The SMILES string of the molecule is Cc1ccccc1NC(=O)c1nnc([C@@H]2CCCN(C(=O)Nc3cccc(C)c3C)C2)s1. The van der Waals surface area contributed by atoms with Crippen molar-refractivity contribution in [3.63, 3.8) is 0 Å². The van der Waals surface area contributed by atoms with Gasteiger partial charge in [0, 0.05) is 30.4 Å². The summed E-state index contributed by atoms with van der Waals surface area (Å²) in [6.45, 7) is 7.25. The van der Waals surface area contributed by atoms with Crippen LogP contribution < -0.4 is 10.6 Å². The normalized spacial score (nSPS) is 16.0. The van der Waals surface area contributed by atoms with Crippen LogP contribution in [-0.4, -0.2) is 40.1 Å². The Morgan fingerprint density at radius 1 is 0.969 bits per heavy atom. The van der Waals surface area contributed by atoms with Crippen molar-refractivity contribution < 1.29 is 9.59 Å². The highest BCUT2D eigenvalue weighted by atomic mass is 32.1. The van der Waals surface area contributed by atoms with Crippen LogP contribution in [0.3, 0.4) is 0 Å². The van der Waals surface area contributed by atoms with Crippen molar-refractivity contribution in [2.75, 3.05) is 23.7 Å². The number of amides is 3. The summed E-state index contributed by atoms with van der Waals surface area (Å²) >= 11 is 1.30. The molecule has 2 heterocycles. The van der Waals surface area contributed by atoms with E-state index in [0.29, 0.717) is 18.1 Å². The number of carbonyl (C=O) groups excluding carboxylic acids is 2. The molecular weight excluding hydrogens is 422 g/mol. The molecule has 0 saturated carbocycles. The van der Waals surface area contributed by atoms with Crippen molar-refractivity contribution in [2.24, 2.45) is 0 Å². The number of carbonyl (C=O) groups is 2. The Kier molecular flexibility index (Phi) is 6.50. The van der Waals surface area contributed by atoms with E-state index in [1.54, 1.807) is 0 Å². The molecule has 32 heavy (non-hydrogen) atoms. The largest absolute Gasteiger partial charge is 0.324 e. The van der Waals surface area contributed by atoms with Gasteiger partial charge in [0.1, 0.15) is 5.01 Å². The van der Waals surface area contributed by atoms with E-state index < -0.39 is 0 Å². The summed E-state index contributed by atoms with van der Waals surface area (Å²) in [5.41, 5.74) is 4.81. The van der Waals surface area contributed by atoms with E-state index in [1.807, 2.05) is 68.1 Å². The number of likely N-dealkylation sites (tertiary alicyclic amines) is 1. The molecule has 1 fully saturated rings. The van der Waals surface area contributed by atoms with E-state index >= 15 is 0 Å². The third kappa shape index (κ3) is 4.80. The number of piperidine rings is 1. The van der Waals surface area contributed by atoms with Crippen LogP contribution in [0.2, 0.25) is 0 Å². The molecule has 1 aliphatic rings. The number of hydrogen-bond donors (Lipinski definition) is 2. The molecule has 3 aromatic rings. The van der Waals surface area contributed by atoms with Crippen molar-refractivity contribution >= 4 is 34.6 Å². The second kappa shape index (κ2) is 9.48. The van der Waals surface area contributed by atoms with E-state index in [2.05, 4.69) is 20.8 Å². The summed E-state index contributed by atoms with van der Waals surface area (Å²) in [4.78, 5) is 27.3. The number of aryl methyl sites for hydroxylation is 2. The second-order valence-corrected chi connectivity index (χ2v) is 9.19. The van der Waals surface area contributed by atoms with E-state index in [-0.39, 0.29) is 17.9 Å². The summed E-state index contributed by atoms with van der Waals surface area (Å²) in [7, 11) is 0. The van der Waals surface area contributed by atoms with Crippen molar-refractivity contribution in [3.05, 3.63) is 69.2 Å². The highest BCUT2D eigenvalue weighted by Crippen LogP contribution is 2.30. The predicted octanol–water partition coefficient (Wildman–Crippen LogP) is 5.13. The summed E-state index contributed by atoms with van der Waals surface area (Å²) in [6.07, 6.45) is 1.80. The van der Waals surface area contributed by atoms with Crippen LogP contribution in [-0.2, 0) is 0 Å². The molecule has 1 saturated heterocycles. The lowest BCUT2D eigenvalue weighted by Crippen LogP contribution is -2.41. The molecule has 0 unspecified atom stereocenters. The molecule has 4 rings (SSSR count). The van der Waals surface area contributed by atoms with E-state index in [4.69, 9.17) is 0 Å². The fourth-order valence-corrected chi connectivity index (χ4v) is 4.69. The molecule has 0 bridgehead atoms. The molecule has 2 N–H and O–H groups in total. The number of benzene rings is 2. The zero-order valence-electron chi connectivity index (χ0n) is 18.5. The van der Waals surface area contributed by atoms with Crippen LogP contribution >= 0.6 is 11.3 Å². The van der Waals surface area contributed by atoms with Crippen molar-refractivity contribution in [1.82, 2.24) is 15.1 Å². The minimum atomic E-state index is -0.261. The zero-order valence-corrected chi connectivity index (χ0v) is 19.3. The first-order valence-corrected chi connectivity index (χ1v) is 11.6. The molecule has 1 aromatic heterocycles. The molecule has 0 spiro atoms. The predicted molar refractivity (Wildman–Crippen MR) is 128 cm³/mol. The van der Waals surface area contributed by atoms with Crippen LogP contribution in [0.1, 0.15) is 50.3 Å². The summed E-state index contributed by atoms with van der Waals surface area (Å²) in [5.74, 6) is -0.186. The average Bonchev–Trinajstić information content (AvgIpc) is 3.29. The van der Waals surface area contributed by atoms with Gasteiger partial charge >= 0.3 is 6.03 Å². The van der Waals surface area contributed by atoms with Gasteiger partial charge in [-0.15, -0.1) is 10.2 Å². The number of anilines is 2. The Morgan fingerprint density at radius 3 is 2.53 bits per heavy atom. The second-order valence-electron chi connectivity index (χ2n) is 8.18. The Hall–Kier alpha value is -3.26. The summed E-state index contributed by atoms with van der Waals surface area (Å²) in [5, 5.41) is 15.5. The van der Waals surface area contributed by atoms with Gasteiger partial charge in [0.25, 0.3) is 5.91 Å². The number of aromatic nitrogens is 2. The van der Waals surface area contributed by atoms with Crippen LogP contribution in [0, 0.1) is 20.8 Å². The quantitative estimate of drug-likeness (QED) is 0.578. The highest BCUT2D eigenvalue weighted by Gasteiger charge is 2.28. The molecule has 7 nitrogen and oxygen atoms in total. The maximum atomic E-state index is 12.9. The molecule has 8 heteroatoms. The maximum absolute atomic E-state index is 12.9. The van der Waals surface area contributed by atoms with Gasteiger partial charge in [-0.2, -0.15) is 0 Å². The van der Waals surface area contributed by atoms with Crippen molar-refractivity contribution in [3.8, 4) is 0 Å². The number of nitrogens with zero attached hydrogens (tertiary/aromatic N) is 3. The Labute approximate surface area is 191 Å². The molecule has 0 radical (unpaired) electrons. The minimum Gasteiger partial charge on any atom is -0.324 e. The molecule has 1 aliphatic heterocycles. The summed E-state index contributed by atoms with van der Waals surface area (Å²) in [6, 6.07) is 13.4. The van der Waals surface area contributed by atoms with Crippen LogP contribution in [0.5, 0.6) is 0 Å². The molecule has 166 valence electrons. The lowest BCUT2D eigenvalue weighted by atomic mass is 9.99. The standard InChI is InChI=1S/C24H27N5O2S/c1-15-9-6-12-20(17(15)3)26-24(31)29-13-7-10-18(14-29)22-27-28-23(32-22)21(30)25-19-11-5-4-8-16(19)2/h4-6,8-9,11-12,18H,7,10,13-14H2,1-3H3,(H,25,30)(H,26,31)/t18-/m1/s1. The first-order valence-electron chi connectivity index (χ1n) is 10.7. The van der Waals surface area contributed by atoms with Gasteiger partial charge in [-0.3, -0.25) is 4.79 Å². The minimum absolute atomic E-state index is 0.0746. The Morgan fingerprint density at radius 2 is 1.72 bits per heavy atom. The zero-order chi connectivity index (χ0) is 22.7. The number of para-hydroxylation sites is 1. The number of hydrogen-bond acceptors (Lipinski definition) is 5. The maximum Gasteiger partial charge on any atom is 0.321 e. The third-order valence-electron chi connectivity index (χ3n) is 5.93. The monoisotopic (exact) mass is 449 g/mol. The van der Waals surface area contributed by atoms with E-state index in [1.165, 1.54) is 11.3 Å². The van der Waals surface area contributed by atoms with Gasteiger partial charge in [0.05, 0.1) is 0 Å². The van der Waals surface area contributed by atoms with E-state index in [9.17, 15) is 9.59 Å². The Bertz CT molecular complexity index is 1140. The van der Waals surface area contributed by atoms with Crippen molar-refractivity contribution in [1.29, 1.82) is 0 Å². The van der Waals surface area contributed by atoms with Crippen LogP contribution in [0.4, 0.5) is 16.2 Å². The molecule has 2 aromatic carbocycles. The van der Waals surface area contributed by atoms with E-state index in [0.717, 1.165) is 45.9 Å². The lowest BCUT2D eigenvalue weighted by molar-refractivity contribution is 0.102. The molecule has 3 amide bonds. The van der Waals surface area contributed by atoms with Gasteiger partial charge in [-0.05, 0) is 62.4 Å². The molecule has 0 aliphatic carbocycles. The van der Waals surface area contributed by atoms with Crippen LogP contribution in [0.15, 0.2) is 42.5 Å². The highest BCUT2D eigenvalue weighted by molar-refractivity contribution is 7.13. The average molecular weight is 450 g/mol. The first-order chi connectivity index (χ1) is 15.4. The molecular formula is C24H27N5O2S. The topological polar surface area (TPSA) is 87.2 Å². The first kappa shape index (κ1) is 22.0. The van der Waals surface area contributed by atoms with Gasteiger partial charge in [-0.25, -0.2) is 4.79 Å². The van der Waals surface area contributed by atoms with Gasteiger partial charge < -0.3 is 15.5 Å². The lowest BCUT2D eigenvalue weighted by Gasteiger charge is -2.31. The number of nitrogens with one attached hydrogen (secondary N) is 2. The number of urea groups is 1. The fraction of sp³-hybridized carbons (Fsp3) is 0.333. The fourth-order valence-electron chi connectivity index (χ4n) is 3.82. The van der Waals surface area contributed by atoms with Crippen LogP contribution in [0.25, 0.3) is 0 Å². The van der Waals surface area contributed by atoms with Gasteiger partial charge in [0.2, 0.25) is 5.01 Å².